The smallest absolute Gasteiger partial charge is 0.0621 e. The van der Waals surface area contributed by atoms with Gasteiger partial charge in [-0.05, 0) is 25.2 Å². The quantitative estimate of drug-likeness (QED) is 0.833. The van der Waals surface area contributed by atoms with Crippen LogP contribution in [0.25, 0.3) is 0 Å². The van der Waals surface area contributed by atoms with Gasteiger partial charge in [0.15, 0.2) is 0 Å². The maximum atomic E-state index is 5.69. The molecule has 4 unspecified atom stereocenters. The summed E-state index contributed by atoms with van der Waals surface area (Å²) < 4.78 is 5.69. The third-order valence-electron chi connectivity index (χ3n) is 4.90. The average molecular weight is 254 g/mol. The van der Waals surface area contributed by atoms with Gasteiger partial charge in [-0.1, -0.05) is 27.2 Å². The largest absolute Gasteiger partial charge is 0.380 e. The molecule has 2 saturated heterocycles. The fraction of sp³-hybridized carbons (Fsp3) is 1.00. The molecule has 0 aliphatic carbocycles. The highest BCUT2D eigenvalue weighted by Crippen LogP contribution is 2.23. The van der Waals surface area contributed by atoms with E-state index in [1.807, 2.05) is 0 Å². The highest BCUT2D eigenvalue weighted by molar-refractivity contribution is 4.91. The zero-order valence-electron chi connectivity index (χ0n) is 12.3. The second-order valence-electron chi connectivity index (χ2n) is 6.03. The summed E-state index contributed by atoms with van der Waals surface area (Å²) in [6, 6.07) is 2.04. The van der Waals surface area contributed by atoms with E-state index in [9.17, 15) is 0 Å². The second-order valence-corrected chi connectivity index (χ2v) is 6.03. The molecule has 2 rings (SSSR count). The lowest BCUT2D eigenvalue weighted by molar-refractivity contribution is -0.0205. The van der Waals surface area contributed by atoms with Gasteiger partial charge >= 0.3 is 0 Å². The van der Waals surface area contributed by atoms with Crippen molar-refractivity contribution in [2.45, 2.75) is 64.6 Å². The Morgan fingerprint density at radius 1 is 1.39 bits per heavy atom. The maximum Gasteiger partial charge on any atom is 0.0621 e. The van der Waals surface area contributed by atoms with Crippen LogP contribution >= 0.6 is 0 Å². The standard InChI is InChI=1S/C15H30N2O/c1-4-12(3)15-10-17(13(5-2)9-16-15)14-7-6-8-18-11-14/h12-16H,4-11H2,1-3H3. The van der Waals surface area contributed by atoms with Crippen molar-refractivity contribution in [3.05, 3.63) is 0 Å². The first-order valence-electron chi connectivity index (χ1n) is 7.83. The molecule has 0 aromatic heterocycles. The Labute approximate surface area is 112 Å². The van der Waals surface area contributed by atoms with Gasteiger partial charge in [0.1, 0.15) is 0 Å². The summed E-state index contributed by atoms with van der Waals surface area (Å²) in [6.45, 7) is 11.3. The van der Waals surface area contributed by atoms with Crippen LogP contribution in [0.4, 0.5) is 0 Å². The van der Waals surface area contributed by atoms with Gasteiger partial charge in [0, 0.05) is 37.8 Å². The maximum absolute atomic E-state index is 5.69. The van der Waals surface area contributed by atoms with Crippen molar-refractivity contribution < 1.29 is 4.74 Å². The molecule has 0 aromatic carbocycles. The first-order chi connectivity index (χ1) is 8.76. The van der Waals surface area contributed by atoms with E-state index in [-0.39, 0.29) is 0 Å². The Morgan fingerprint density at radius 3 is 2.83 bits per heavy atom. The summed E-state index contributed by atoms with van der Waals surface area (Å²) in [5.74, 6) is 0.773. The molecular formula is C15H30N2O. The molecule has 4 atom stereocenters. The number of hydrogen-bond donors (Lipinski definition) is 1. The van der Waals surface area contributed by atoms with Crippen molar-refractivity contribution in [1.29, 1.82) is 0 Å². The Balaban J connectivity index is 1.98. The van der Waals surface area contributed by atoms with Crippen molar-refractivity contribution in [1.82, 2.24) is 10.2 Å². The van der Waals surface area contributed by atoms with Crippen LogP contribution < -0.4 is 5.32 Å². The van der Waals surface area contributed by atoms with Crippen LogP contribution in [0.2, 0.25) is 0 Å². The van der Waals surface area contributed by atoms with Crippen LogP contribution in [-0.4, -0.2) is 49.3 Å². The molecule has 1 N–H and O–H groups in total. The number of ether oxygens (including phenoxy) is 1. The Morgan fingerprint density at radius 2 is 2.22 bits per heavy atom. The minimum atomic E-state index is 0.664. The van der Waals surface area contributed by atoms with Crippen LogP contribution in [0.3, 0.4) is 0 Å². The van der Waals surface area contributed by atoms with Crippen molar-refractivity contribution in [2.75, 3.05) is 26.3 Å². The van der Waals surface area contributed by atoms with Crippen LogP contribution in [0, 0.1) is 5.92 Å². The highest BCUT2D eigenvalue weighted by Gasteiger charge is 2.34. The normalized spacial score (nSPS) is 36.5. The first-order valence-corrected chi connectivity index (χ1v) is 7.83. The summed E-state index contributed by atoms with van der Waals surface area (Å²) in [4.78, 5) is 2.74. The predicted molar refractivity (Wildman–Crippen MR) is 75.9 cm³/mol. The van der Waals surface area contributed by atoms with E-state index < -0.39 is 0 Å². The molecule has 2 heterocycles. The SMILES string of the molecule is CCC(C)C1CN(C2CCCOC2)C(CC)CN1. The zero-order valence-corrected chi connectivity index (χ0v) is 12.3. The molecule has 0 aromatic rings. The molecular weight excluding hydrogens is 224 g/mol. The highest BCUT2D eigenvalue weighted by atomic mass is 16.5. The van der Waals surface area contributed by atoms with Gasteiger partial charge in [0.2, 0.25) is 0 Å². The molecule has 0 saturated carbocycles. The zero-order chi connectivity index (χ0) is 13.0. The minimum absolute atomic E-state index is 0.664. The molecule has 0 bridgehead atoms. The van der Waals surface area contributed by atoms with Crippen molar-refractivity contribution in [3.63, 3.8) is 0 Å². The Kier molecular flexibility index (Phi) is 5.46. The molecule has 18 heavy (non-hydrogen) atoms. The molecule has 0 radical (unpaired) electrons. The van der Waals surface area contributed by atoms with Crippen LogP contribution in [-0.2, 0) is 4.74 Å². The van der Waals surface area contributed by atoms with Crippen molar-refractivity contribution in [2.24, 2.45) is 5.92 Å². The predicted octanol–water partition coefficient (Wildman–Crippen LogP) is 2.26. The molecule has 106 valence electrons. The van der Waals surface area contributed by atoms with E-state index in [2.05, 4.69) is 31.0 Å². The summed E-state index contributed by atoms with van der Waals surface area (Å²) in [5, 5.41) is 3.76. The van der Waals surface area contributed by atoms with Crippen LogP contribution in [0.5, 0.6) is 0 Å². The molecule has 2 aliphatic heterocycles. The number of hydrogen-bond acceptors (Lipinski definition) is 3. The van der Waals surface area contributed by atoms with E-state index in [4.69, 9.17) is 4.74 Å². The van der Waals surface area contributed by atoms with E-state index in [1.165, 1.54) is 32.2 Å². The van der Waals surface area contributed by atoms with Gasteiger partial charge in [-0.3, -0.25) is 4.90 Å². The summed E-state index contributed by atoms with van der Waals surface area (Å²) in [6.07, 6.45) is 5.07. The van der Waals surface area contributed by atoms with Gasteiger partial charge < -0.3 is 10.1 Å². The summed E-state index contributed by atoms with van der Waals surface area (Å²) in [7, 11) is 0. The summed E-state index contributed by atoms with van der Waals surface area (Å²) >= 11 is 0. The van der Waals surface area contributed by atoms with Crippen molar-refractivity contribution in [3.8, 4) is 0 Å². The van der Waals surface area contributed by atoms with E-state index >= 15 is 0 Å². The Hall–Kier alpha value is -0.120. The molecule has 2 fully saturated rings. The van der Waals surface area contributed by atoms with Gasteiger partial charge in [-0.25, -0.2) is 0 Å². The number of nitrogens with zero attached hydrogens (tertiary/aromatic N) is 1. The lowest BCUT2D eigenvalue weighted by Crippen LogP contribution is -2.62. The molecule has 3 nitrogen and oxygen atoms in total. The third kappa shape index (κ3) is 3.25. The average Bonchev–Trinajstić information content (AvgIpc) is 2.46. The molecule has 3 heteroatoms. The van der Waals surface area contributed by atoms with Gasteiger partial charge in [0.05, 0.1) is 6.61 Å². The third-order valence-corrected chi connectivity index (χ3v) is 4.90. The van der Waals surface area contributed by atoms with Gasteiger partial charge in [-0.15, -0.1) is 0 Å². The summed E-state index contributed by atoms with van der Waals surface area (Å²) in [5.41, 5.74) is 0. The van der Waals surface area contributed by atoms with Gasteiger partial charge in [-0.2, -0.15) is 0 Å². The van der Waals surface area contributed by atoms with E-state index in [1.54, 1.807) is 0 Å². The number of nitrogens with one attached hydrogen (secondary N) is 1. The topological polar surface area (TPSA) is 24.5 Å². The minimum Gasteiger partial charge on any atom is -0.380 e. The monoisotopic (exact) mass is 254 g/mol. The molecule has 2 aliphatic rings. The lowest BCUT2D eigenvalue weighted by atomic mass is 9.93. The van der Waals surface area contributed by atoms with E-state index in [0.29, 0.717) is 18.1 Å². The van der Waals surface area contributed by atoms with Crippen LogP contribution in [0.15, 0.2) is 0 Å². The van der Waals surface area contributed by atoms with Gasteiger partial charge in [0.25, 0.3) is 0 Å². The van der Waals surface area contributed by atoms with E-state index in [0.717, 1.165) is 25.7 Å². The van der Waals surface area contributed by atoms with Crippen molar-refractivity contribution >= 4 is 0 Å². The molecule has 0 spiro atoms. The second kappa shape index (κ2) is 6.88. The Bertz CT molecular complexity index is 241. The lowest BCUT2D eigenvalue weighted by Gasteiger charge is -2.46. The number of rotatable bonds is 4. The number of piperazine rings is 1. The fourth-order valence-corrected chi connectivity index (χ4v) is 3.32. The molecule has 0 amide bonds. The fourth-order valence-electron chi connectivity index (χ4n) is 3.32. The first kappa shape index (κ1) is 14.3. The van der Waals surface area contributed by atoms with Crippen LogP contribution in [0.1, 0.15) is 46.5 Å².